The van der Waals surface area contributed by atoms with Gasteiger partial charge >= 0.3 is 0 Å². The topological polar surface area (TPSA) is 29.3 Å². The van der Waals surface area contributed by atoms with Gasteiger partial charge < -0.3 is 10.6 Å². The zero-order valence-corrected chi connectivity index (χ0v) is 8.84. The molecule has 0 heterocycles. The van der Waals surface area contributed by atoms with E-state index in [-0.39, 0.29) is 0 Å². The van der Waals surface area contributed by atoms with Crippen molar-refractivity contribution in [2.75, 3.05) is 26.7 Å². The van der Waals surface area contributed by atoms with E-state index in [9.17, 15) is 0 Å². The van der Waals surface area contributed by atoms with Crippen LogP contribution in [0.5, 0.6) is 0 Å². The number of unbranched alkanes of at least 4 members (excludes halogenated alkanes) is 1. The van der Waals surface area contributed by atoms with E-state index >= 15 is 0 Å². The minimum Gasteiger partial charge on any atom is -0.330 e. The fourth-order valence-electron chi connectivity index (χ4n) is 1.33. The van der Waals surface area contributed by atoms with Gasteiger partial charge in [-0.3, -0.25) is 0 Å². The first-order chi connectivity index (χ1) is 5.74. The summed E-state index contributed by atoms with van der Waals surface area (Å²) in [5.74, 6) is 0.687. The highest BCUT2D eigenvalue weighted by Crippen LogP contribution is 2.03. The van der Waals surface area contributed by atoms with Crippen LogP contribution < -0.4 is 5.73 Å². The van der Waals surface area contributed by atoms with Gasteiger partial charge in [-0.2, -0.15) is 0 Å². The first-order valence-electron chi connectivity index (χ1n) is 5.13. The normalized spacial score (nSPS) is 13.8. The van der Waals surface area contributed by atoms with Crippen LogP contribution in [0.25, 0.3) is 0 Å². The van der Waals surface area contributed by atoms with Crippen LogP contribution in [0.4, 0.5) is 0 Å². The molecule has 2 heteroatoms. The van der Waals surface area contributed by atoms with Crippen molar-refractivity contribution in [2.24, 2.45) is 11.7 Å². The van der Waals surface area contributed by atoms with E-state index in [0.717, 1.165) is 13.1 Å². The second-order valence-corrected chi connectivity index (χ2v) is 3.63. The van der Waals surface area contributed by atoms with Gasteiger partial charge in [0.15, 0.2) is 0 Å². The van der Waals surface area contributed by atoms with Crippen LogP contribution in [0.2, 0.25) is 0 Å². The number of hydrogen-bond acceptors (Lipinski definition) is 2. The highest BCUT2D eigenvalue weighted by Gasteiger charge is 2.06. The van der Waals surface area contributed by atoms with Crippen LogP contribution in [0.1, 0.15) is 33.1 Å². The third kappa shape index (κ3) is 5.56. The minimum atomic E-state index is 0.687. The summed E-state index contributed by atoms with van der Waals surface area (Å²) in [5, 5.41) is 0. The number of rotatable bonds is 7. The summed E-state index contributed by atoms with van der Waals surface area (Å²) in [5.41, 5.74) is 5.63. The molecule has 0 radical (unpaired) electrons. The Balaban J connectivity index is 3.44. The van der Waals surface area contributed by atoms with Crippen LogP contribution in [-0.2, 0) is 0 Å². The van der Waals surface area contributed by atoms with Gasteiger partial charge in [-0.15, -0.1) is 0 Å². The Morgan fingerprint density at radius 1 is 1.33 bits per heavy atom. The fourth-order valence-corrected chi connectivity index (χ4v) is 1.33. The highest BCUT2D eigenvalue weighted by atomic mass is 15.1. The Hall–Kier alpha value is -0.0800. The van der Waals surface area contributed by atoms with Gasteiger partial charge in [-0.05, 0) is 32.5 Å². The molecule has 0 saturated heterocycles. The third-order valence-corrected chi connectivity index (χ3v) is 2.37. The molecule has 0 aliphatic carbocycles. The Morgan fingerprint density at radius 3 is 2.42 bits per heavy atom. The monoisotopic (exact) mass is 172 g/mol. The number of nitrogens with zero attached hydrogens (tertiary/aromatic N) is 1. The molecule has 2 nitrogen and oxygen atoms in total. The van der Waals surface area contributed by atoms with E-state index in [4.69, 9.17) is 5.73 Å². The van der Waals surface area contributed by atoms with Crippen LogP contribution in [0.3, 0.4) is 0 Å². The van der Waals surface area contributed by atoms with Gasteiger partial charge in [0.1, 0.15) is 0 Å². The lowest BCUT2D eigenvalue weighted by atomic mass is 10.1. The van der Waals surface area contributed by atoms with E-state index in [1.807, 2.05) is 0 Å². The Kier molecular flexibility index (Phi) is 7.51. The van der Waals surface area contributed by atoms with Crippen LogP contribution >= 0.6 is 0 Å². The second kappa shape index (κ2) is 7.56. The molecule has 1 unspecified atom stereocenters. The Labute approximate surface area is 77.1 Å². The molecule has 0 aliphatic heterocycles. The van der Waals surface area contributed by atoms with Crippen LogP contribution in [-0.4, -0.2) is 31.6 Å². The summed E-state index contributed by atoms with van der Waals surface area (Å²) in [7, 11) is 2.19. The summed E-state index contributed by atoms with van der Waals surface area (Å²) >= 11 is 0. The molecule has 0 aromatic rings. The first kappa shape index (κ1) is 11.9. The summed E-state index contributed by atoms with van der Waals surface area (Å²) in [6.45, 7) is 7.65. The third-order valence-electron chi connectivity index (χ3n) is 2.37. The van der Waals surface area contributed by atoms with Crippen molar-refractivity contribution in [3.63, 3.8) is 0 Å². The average molecular weight is 172 g/mol. The van der Waals surface area contributed by atoms with Gasteiger partial charge in [0.25, 0.3) is 0 Å². The minimum absolute atomic E-state index is 0.687. The largest absolute Gasteiger partial charge is 0.330 e. The SMILES string of the molecule is CCCCN(C)CC(CC)CN. The Bertz CT molecular complexity index is 89.8. The molecule has 0 amide bonds. The lowest BCUT2D eigenvalue weighted by molar-refractivity contribution is 0.271. The molecule has 1 atom stereocenters. The maximum atomic E-state index is 5.63. The maximum absolute atomic E-state index is 5.63. The smallest absolute Gasteiger partial charge is 0.00186 e. The predicted octanol–water partition coefficient (Wildman–Crippen LogP) is 1.70. The van der Waals surface area contributed by atoms with Crippen molar-refractivity contribution in [3.05, 3.63) is 0 Å². The molecular formula is C10H24N2. The van der Waals surface area contributed by atoms with Crippen molar-refractivity contribution in [3.8, 4) is 0 Å². The van der Waals surface area contributed by atoms with E-state index in [0.29, 0.717) is 5.92 Å². The van der Waals surface area contributed by atoms with Gasteiger partial charge in [0.05, 0.1) is 0 Å². The molecule has 0 aromatic carbocycles. The second-order valence-electron chi connectivity index (χ2n) is 3.63. The molecule has 74 valence electrons. The molecule has 0 spiro atoms. The molecule has 0 fully saturated rings. The molecule has 0 aliphatic rings. The van der Waals surface area contributed by atoms with Gasteiger partial charge in [0, 0.05) is 6.54 Å². The first-order valence-corrected chi connectivity index (χ1v) is 5.13. The van der Waals surface area contributed by atoms with Crippen molar-refractivity contribution in [1.82, 2.24) is 4.90 Å². The van der Waals surface area contributed by atoms with Crippen molar-refractivity contribution >= 4 is 0 Å². The van der Waals surface area contributed by atoms with Crippen molar-refractivity contribution < 1.29 is 0 Å². The lowest BCUT2D eigenvalue weighted by Crippen LogP contribution is -2.30. The number of nitrogens with two attached hydrogens (primary N) is 1. The highest BCUT2D eigenvalue weighted by molar-refractivity contribution is 4.62. The molecule has 0 bridgehead atoms. The van der Waals surface area contributed by atoms with E-state index < -0.39 is 0 Å². The van der Waals surface area contributed by atoms with Gasteiger partial charge in [0.2, 0.25) is 0 Å². The predicted molar refractivity (Wildman–Crippen MR) is 55.2 cm³/mol. The Morgan fingerprint density at radius 2 is 2.00 bits per heavy atom. The van der Waals surface area contributed by atoms with E-state index in [1.54, 1.807) is 0 Å². The average Bonchev–Trinajstić information content (AvgIpc) is 2.10. The standard InChI is InChI=1S/C10H24N2/c1-4-6-7-12(3)9-10(5-2)8-11/h10H,4-9,11H2,1-3H3. The zero-order chi connectivity index (χ0) is 9.40. The van der Waals surface area contributed by atoms with Crippen molar-refractivity contribution in [2.45, 2.75) is 33.1 Å². The molecule has 12 heavy (non-hydrogen) atoms. The van der Waals surface area contributed by atoms with Gasteiger partial charge in [-0.25, -0.2) is 0 Å². The fraction of sp³-hybridized carbons (Fsp3) is 1.00. The molecule has 0 rings (SSSR count). The van der Waals surface area contributed by atoms with Crippen LogP contribution in [0, 0.1) is 5.92 Å². The van der Waals surface area contributed by atoms with Gasteiger partial charge in [-0.1, -0.05) is 26.7 Å². The van der Waals surface area contributed by atoms with Crippen molar-refractivity contribution in [1.29, 1.82) is 0 Å². The summed E-state index contributed by atoms with van der Waals surface area (Å²) in [6.07, 6.45) is 3.79. The summed E-state index contributed by atoms with van der Waals surface area (Å²) in [4.78, 5) is 2.39. The molecule has 0 saturated carbocycles. The molecule has 2 N–H and O–H groups in total. The van der Waals surface area contributed by atoms with E-state index in [1.165, 1.54) is 25.8 Å². The lowest BCUT2D eigenvalue weighted by Gasteiger charge is -2.21. The van der Waals surface area contributed by atoms with E-state index in [2.05, 4.69) is 25.8 Å². The summed E-state index contributed by atoms with van der Waals surface area (Å²) in [6, 6.07) is 0. The molecule has 0 aromatic heterocycles. The quantitative estimate of drug-likeness (QED) is 0.633. The summed E-state index contributed by atoms with van der Waals surface area (Å²) < 4.78 is 0. The van der Waals surface area contributed by atoms with Crippen LogP contribution in [0.15, 0.2) is 0 Å². The zero-order valence-electron chi connectivity index (χ0n) is 8.84. The molecular weight excluding hydrogens is 148 g/mol. The number of hydrogen-bond donors (Lipinski definition) is 1. The maximum Gasteiger partial charge on any atom is 0.00186 e.